The number of esters is 1. The van der Waals surface area contributed by atoms with Gasteiger partial charge in [-0.25, -0.2) is 0 Å². The van der Waals surface area contributed by atoms with Crippen LogP contribution in [0.2, 0.25) is 0 Å². The van der Waals surface area contributed by atoms with Gasteiger partial charge in [-0.2, -0.15) is 0 Å². The van der Waals surface area contributed by atoms with Gasteiger partial charge in [-0.1, -0.05) is 29.8 Å². The summed E-state index contributed by atoms with van der Waals surface area (Å²) in [6, 6.07) is 14.5. The van der Waals surface area contributed by atoms with Gasteiger partial charge in [0, 0.05) is 17.0 Å². The maximum atomic E-state index is 12.8. The maximum absolute atomic E-state index is 12.8. The average molecular weight is 366 g/mol. The number of aromatic nitrogens is 1. The highest BCUT2D eigenvalue weighted by Crippen LogP contribution is 2.23. The Bertz CT molecular complexity index is 960. The monoisotopic (exact) mass is 366 g/mol. The van der Waals surface area contributed by atoms with Crippen molar-refractivity contribution < 1.29 is 19.1 Å². The highest BCUT2D eigenvalue weighted by molar-refractivity contribution is 5.98. The fourth-order valence-electron chi connectivity index (χ4n) is 2.89. The first-order chi connectivity index (χ1) is 13.0. The number of ether oxygens (including phenoxy) is 2. The summed E-state index contributed by atoms with van der Waals surface area (Å²) < 4.78 is 9.98. The second kappa shape index (κ2) is 7.95. The lowest BCUT2D eigenvalue weighted by Crippen LogP contribution is -2.30. The van der Waals surface area contributed by atoms with Gasteiger partial charge in [-0.05, 0) is 30.7 Å². The standard InChI is InChI=1S/C21H22N2O4/c1-13-4-6-14(7-5-13)18(12-20(24)27-3)23-21(25)19-10-15-8-9-16(26-2)11-17(15)22-19/h4-11,18,22H,12H2,1-3H3,(H,23,25). The Morgan fingerprint density at radius 3 is 2.48 bits per heavy atom. The highest BCUT2D eigenvalue weighted by Gasteiger charge is 2.20. The molecule has 6 heteroatoms. The van der Waals surface area contributed by atoms with Gasteiger partial charge in [0.2, 0.25) is 0 Å². The Balaban J connectivity index is 1.84. The number of hydrogen-bond donors (Lipinski definition) is 2. The van der Waals surface area contributed by atoms with E-state index in [1.54, 1.807) is 13.2 Å². The second-order valence-corrected chi connectivity index (χ2v) is 6.35. The normalized spacial score (nSPS) is 11.8. The maximum Gasteiger partial charge on any atom is 0.307 e. The summed E-state index contributed by atoms with van der Waals surface area (Å²) in [7, 11) is 2.93. The van der Waals surface area contributed by atoms with E-state index in [0.717, 1.165) is 22.0 Å². The molecule has 0 bridgehead atoms. The fraction of sp³-hybridized carbons (Fsp3) is 0.238. The Morgan fingerprint density at radius 1 is 1.07 bits per heavy atom. The number of benzene rings is 2. The summed E-state index contributed by atoms with van der Waals surface area (Å²) in [5.74, 6) is 0.0291. The Kier molecular flexibility index (Phi) is 5.45. The number of aromatic amines is 1. The lowest BCUT2D eigenvalue weighted by Gasteiger charge is -2.18. The number of methoxy groups -OCH3 is 2. The van der Waals surface area contributed by atoms with Crippen molar-refractivity contribution in [2.45, 2.75) is 19.4 Å². The number of nitrogens with one attached hydrogen (secondary N) is 2. The first-order valence-electron chi connectivity index (χ1n) is 8.61. The van der Waals surface area contributed by atoms with E-state index in [0.29, 0.717) is 11.4 Å². The van der Waals surface area contributed by atoms with Crippen LogP contribution in [0.3, 0.4) is 0 Å². The topological polar surface area (TPSA) is 80.4 Å². The van der Waals surface area contributed by atoms with Gasteiger partial charge in [0.05, 0.1) is 26.7 Å². The zero-order valence-electron chi connectivity index (χ0n) is 15.5. The van der Waals surface area contributed by atoms with E-state index in [2.05, 4.69) is 10.3 Å². The van der Waals surface area contributed by atoms with Crippen molar-refractivity contribution in [1.82, 2.24) is 10.3 Å². The molecule has 3 aromatic rings. The average Bonchev–Trinajstić information content (AvgIpc) is 3.11. The summed E-state index contributed by atoms with van der Waals surface area (Å²) in [4.78, 5) is 27.7. The molecule has 2 N–H and O–H groups in total. The highest BCUT2D eigenvalue weighted by atomic mass is 16.5. The van der Waals surface area contributed by atoms with Crippen LogP contribution in [0.25, 0.3) is 10.9 Å². The molecule has 140 valence electrons. The van der Waals surface area contributed by atoms with Crippen LogP contribution >= 0.6 is 0 Å². The number of hydrogen-bond acceptors (Lipinski definition) is 4. The zero-order chi connectivity index (χ0) is 19.4. The lowest BCUT2D eigenvalue weighted by atomic mass is 10.0. The molecule has 1 amide bonds. The van der Waals surface area contributed by atoms with Gasteiger partial charge in [0.1, 0.15) is 11.4 Å². The third-order valence-corrected chi connectivity index (χ3v) is 4.46. The van der Waals surface area contributed by atoms with E-state index in [4.69, 9.17) is 9.47 Å². The molecule has 1 aromatic heterocycles. The minimum absolute atomic E-state index is 0.0549. The molecule has 27 heavy (non-hydrogen) atoms. The van der Waals surface area contributed by atoms with Gasteiger partial charge in [-0.3, -0.25) is 9.59 Å². The summed E-state index contributed by atoms with van der Waals surface area (Å²) in [6.07, 6.45) is 0.0549. The van der Waals surface area contributed by atoms with E-state index in [9.17, 15) is 9.59 Å². The summed E-state index contributed by atoms with van der Waals surface area (Å²) in [6.45, 7) is 1.98. The van der Waals surface area contributed by atoms with Gasteiger partial charge in [-0.15, -0.1) is 0 Å². The molecule has 1 heterocycles. The molecular formula is C21H22N2O4. The van der Waals surface area contributed by atoms with E-state index in [-0.39, 0.29) is 18.3 Å². The Hall–Kier alpha value is -3.28. The smallest absolute Gasteiger partial charge is 0.307 e. The molecule has 1 unspecified atom stereocenters. The Morgan fingerprint density at radius 2 is 1.81 bits per heavy atom. The third kappa shape index (κ3) is 4.28. The quantitative estimate of drug-likeness (QED) is 0.654. The fourth-order valence-corrected chi connectivity index (χ4v) is 2.89. The van der Waals surface area contributed by atoms with Crippen molar-refractivity contribution in [1.29, 1.82) is 0 Å². The molecule has 0 radical (unpaired) electrons. The van der Waals surface area contributed by atoms with Crippen molar-refractivity contribution in [3.8, 4) is 5.75 Å². The van der Waals surface area contributed by atoms with Crippen LogP contribution in [0.1, 0.15) is 34.1 Å². The van der Waals surface area contributed by atoms with E-state index < -0.39 is 6.04 Å². The minimum Gasteiger partial charge on any atom is -0.497 e. The first-order valence-corrected chi connectivity index (χ1v) is 8.61. The molecule has 3 rings (SSSR count). The van der Waals surface area contributed by atoms with Gasteiger partial charge in [0.25, 0.3) is 5.91 Å². The summed E-state index contributed by atoms with van der Waals surface area (Å²) >= 11 is 0. The number of H-pyrrole nitrogens is 1. The number of rotatable bonds is 6. The molecule has 0 aliphatic carbocycles. The molecule has 0 aliphatic rings. The zero-order valence-corrected chi connectivity index (χ0v) is 15.5. The molecule has 6 nitrogen and oxygen atoms in total. The van der Waals surface area contributed by atoms with Crippen molar-refractivity contribution in [2.24, 2.45) is 0 Å². The molecule has 0 saturated carbocycles. The molecule has 0 saturated heterocycles. The molecule has 2 aromatic carbocycles. The van der Waals surface area contributed by atoms with Gasteiger partial charge in [0.15, 0.2) is 0 Å². The van der Waals surface area contributed by atoms with Crippen LogP contribution in [-0.2, 0) is 9.53 Å². The number of fused-ring (bicyclic) bond motifs is 1. The summed E-state index contributed by atoms with van der Waals surface area (Å²) in [5.41, 5.74) is 3.17. The first kappa shape index (κ1) is 18.5. The van der Waals surface area contributed by atoms with Crippen molar-refractivity contribution in [3.05, 3.63) is 65.4 Å². The molecule has 0 aliphatic heterocycles. The number of carbonyl (C=O) groups is 2. The van der Waals surface area contributed by atoms with Crippen LogP contribution in [0, 0.1) is 6.92 Å². The third-order valence-electron chi connectivity index (χ3n) is 4.46. The number of aryl methyl sites for hydroxylation is 1. The second-order valence-electron chi connectivity index (χ2n) is 6.35. The van der Waals surface area contributed by atoms with Crippen LogP contribution < -0.4 is 10.1 Å². The van der Waals surface area contributed by atoms with E-state index >= 15 is 0 Å². The SMILES string of the molecule is COC(=O)CC(NC(=O)c1cc2ccc(OC)cc2[nH]1)c1ccc(C)cc1. The van der Waals surface area contributed by atoms with Crippen molar-refractivity contribution in [2.75, 3.05) is 14.2 Å². The molecule has 0 spiro atoms. The van der Waals surface area contributed by atoms with Crippen molar-refractivity contribution >= 4 is 22.8 Å². The van der Waals surface area contributed by atoms with Crippen LogP contribution in [0.5, 0.6) is 5.75 Å². The predicted molar refractivity (Wildman–Crippen MR) is 103 cm³/mol. The van der Waals surface area contributed by atoms with Gasteiger partial charge >= 0.3 is 5.97 Å². The molecule has 0 fully saturated rings. The van der Waals surface area contributed by atoms with Gasteiger partial charge < -0.3 is 19.8 Å². The molecule has 1 atom stereocenters. The van der Waals surface area contributed by atoms with Crippen LogP contribution in [-0.4, -0.2) is 31.1 Å². The minimum atomic E-state index is -0.480. The Labute approximate surface area is 157 Å². The van der Waals surface area contributed by atoms with Crippen LogP contribution in [0.4, 0.5) is 0 Å². The number of amides is 1. The van der Waals surface area contributed by atoms with Crippen molar-refractivity contribution in [3.63, 3.8) is 0 Å². The summed E-state index contributed by atoms with van der Waals surface area (Å²) in [5, 5.41) is 3.83. The van der Waals surface area contributed by atoms with Crippen LogP contribution in [0.15, 0.2) is 48.5 Å². The van der Waals surface area contributed by atoms with E-state index in [1.165, 1.54) is 7.11 Å². The van der Waals surface area contributed by atoms with E-state index in [1.807, 2.05) is 49.4 Å². The lowest BCUT2D eigenvalue weighted by molar-refractivity contribution is -0.141. The number of carbonyl (C=O) groups excluding carboxylic acids is 2. The molecular weight excluding hydrogens is 344 g/mol. The predicted octanol–water partition coefficient (Wildman–Crippen LogP) is 3.52. The largest absolute Gasteiger partial charge is 0.497 e.